The van der Waals surface area contributed by atoms with Gasteiger partial charge in [0.05, 0.1) is 18.6 Å². The van der Waals surface area contributed by atoms with Gasteiger partial charge in [-0.15, -0.1) is 0 Å². The number of rotatable bonds is 5. The van der Waals surface area contributed by atoms with E-state index in [1.165, 1.54) is 7.11 Å². The van der Waals surface area contributed by atoms with Crippen LogP contribution in [0.25, 0.3) is 0 Å². The van der Waals surface area contributed by atoms with Crippen LogP contribution in [-0.4, -0.2) is 53.8 Å². The predicted molar refractivity (Wildman–Crippen MR) is 84.2 cm³/mol. The van der Waals surface area contributed by atoms with Crippen molar-refractivity contribution in [2.24, 2.45) is 0 Å². The van der Waals surface area contributed by atoms with Crippen LogP contribution >= 0.6 is 11.8 Å². The average Bonchev–Trinajstić information content (AvgIpc) is 2.87. The second kappa shape index (κ2) is 7.63. The van der Waals surface area contributed by atoms with Crippen molar-refractivity contribution in [3.63, 3.8) is 0 Å². The standard InChI is InChI=1S/C14H15N3O5S/c1-22-10-5-3-2-4-9(10)16-13(20)12(19)15-6-7-17-11(18)8-23-14(17)21/h2-5H,6-8H2,1H3,(H,15,19)(H,16,20). The second-order valence-electron chi connectivity index (χ2n) is 4.51. The predicted octanol–water partition coefficient (Wildman–Crippen LogP) is 0.445. The summed E-state index contributed by atoms with van der Waals surface area (Å²) in [5, 5.41) is 4.45. The molecule has 0 aliphatic carbocycles. The quantitative estimate of drug-likeness (QED) is 0.756. The van der Waals surface area contributed by atoms with Gasteiger partial charge in [0.25, 0.3) is 5.24 Å². The number of amides is 4. The Bertz CT molecular complexity index is 633. The molecule has 0 radical (unpaired) electrons. The van der Waals surface area contributed by atoms with E-state index in [0.717, 1.165) is 16.7 Å². The summed E-state index contributed by atoms with van der Waals surface area (Å²) in [4.78, 5) is 47.3. The molecule has 0 spiro atoms. The first-order valence-electron chi connectivity index (χ1n) is 6.72. The molecule has 0 atom stereocenters. The van der Waals surface area contributed by atoms with Crippen LogP contribution in [0.4, 0.5) is 10.5 Å². The van der Waals surface area contributed by atoms with Gasteiger partial charge in [-0.3, -0.25) is 24.1 Å². The van der Waals surface area contributed by atoms with Crippen LogP contribution in [-0.2, 0) is 14.4 Å². The van der Waals surface area contributed by atoms with E-state index >= 15 is 0 Å². The van der Waals surface area contributed by atoms with Gasteiger partial charge < -0.3 is 15.4 Å². The topological polar surface area (TPSA) is 105 Å². The summed E-state index contributed by atoms with van der Waals surface area (Å²) >= 11 is 0.916. The zero-order valence-corrected chi connectivity index (χ0v) is 13.1. The number of anilines is 1. The molecule has 0 unspecified atom stereocenters. The number of thioether (sulfide) groups is 1. The van der Waals surface area contributed by atoms with E-state index < -0.39 is 11.8 Å². The number of para-hydroxylation sites is 2. The van der Waals surface area contributed by atoms with E-state index in [1.54, 1.807) is 24.3 Å². The Morgan fingerprint density at radius 2 is 2.00 bits per heavy atom. The summed E-state index contributed by atoms with van der Waals surface area (Å²) < 4.78 is 5.07. The second-order valence-corrected chi connectivity index (χ2v) is 5.44. The molecule has 8 nitrogen and oxygen atoms in total. The Morgan fingerprint density at radius 3 is 2.65 bits per heavy atom. The highest BCUT2D eigenvalue weighted by Crippen LogP contribution is 2.22. The van der Waals surface area contributed by atoms with E-state index in [1.807, 2.05) is 0 Å². The lowest BCUT2D eigenvalue weighted by atomic mass is 10.3. The highest BCUT2D eigenvalue weighted by molar-refractivity contribution is 8.14. The number of carbonyl (C=O) groups is 4. The first kappa shape index (κ1) is 16.8. The van der Waals surface area contributed by atoms with Gasteiger partial charge >= 0.3 is 11.8 Å². The van der Waals surface area contributed by atoms with Gasteiger partial charge in [-0.05, 0) is 12.1 Å². The number of hydrogen-bond acceptors (Lipinski definition) is 6. The molecule has 1 fully saturated rings. The molecule has 0 saturated carbocycles. The zero-order chi connectivity index (χ0) is 16.8. The summed E-state index contributed by atoms with van der Waals surface area (Å²) in [6.07, 6.45) is 0. The van der Waals surface area contributed by atoms with Crippen LogP contribution in [0.15, 0.2) is 24.3 Å². The van der Waals surface area contributed by atoms with Crippen molar-refractivity contribution < 1.29 is 23.9 Å². The largest absolute Gasteiger partial charge is 0.495 e. The molecule has 1 heterocycles. The number of benzene rings is 1. The molecule has 2 rings (SSSR count). The fourth-order valence-corrected chi connectivity index (χ4v) is 2.64. The van der Waals surface area contributed by atoms with Crippen LogP contribution in [0.5, 0.6) is 5.75 Å². The maximum absolute atomic E-state index is 11.8. The van der Waals surface area contributed by atoms with Gasteiger partial charge in [-0.2, -0.15) is 0 Å². The third kappa shape index (κ3) is 4.22. The van der Waals surface area contributed by atoms with Crippen molar-refractivity contribution in [2.75, 3.05) is 31.3 Å². The molecule has 9 heteroatoms. The average molecular weight is 337 g/mol. The van der Waals surface area contributed by atoms with Crippen LogP contribution in [0.1, 0.15) is 0 Å². The molecule has 1 aliphatic heterocycles. The fraction of sp³-hybridized carbons (Fsp3) is 0.286. The lowest BCUT2D eigenvalue weighted by Crippen LogP contribution is -2.41. The minimum absolute atomic E-state index is 0.0101. The van der Waals surface area contributed by atoms with Gasteiger partial charge in [0.15, 0.2) is 0 Å². The third-order valence-electron chi connectivity index (χ3n) is 3.02. The first-order chi connectivity index (χ1) is 11.0. The summed E-state index contributed by atoms with van der Waals surface area (Å²) in [6, 6.07) is 6.67. The SMILES string of the molecule is COc1ccccc1NC(=O)C(=O)NCCN1C(=O)CSC1=O. The molecule has 1 aromatic rings. The lowest BCUT2D eigenvalue weighted by Gasteiger charge is -2.13. The fourth-order valence-electron chi connectivity index (χ4n) is 1.89. The molecule has 23 heavy (non-hydrogen) atoms. The van der Waals surface area contributed by atoms with Crippen molar-refractivity contribution in [1.82, 2.24) is 10.2 Å². The molecule has 1 aliphatic rings. The summed E-state index contributed by atoms with van der Waals surface area (Å²) in [6.45, 7) is 0.0502. The number of hydrogen-bond donors (Lipinski definition) is 2. The Balaban J connectivity index is 1.82. The molecule has 1 saturated heterocycles. The summed E-state index contributed by atoms with van der Waals surface area (Å²) in [5.41, 5.74) is 0.372. The molecule has 2 N–H and O–H groups in total. The number of ether oxygens (including phenoxy) is 1. The minimum atomic E-state index is -0.859. The van der Waals surface area contributed by atoms with Gasteiger partial charge in [0.1, 0.15) is 5.75 Å². The molecular weight excluding hydrogens is 322 g/mol. The number of carbonyl (C=O) groups excluding carboxylic acids is 4. The van der Waals surface area contributed by atoms with Crippen molar-refractivity contribution in [3.8, 4) is 5.75 Å². The third-order valence-corrected chi connectivity index (χ3v) is 3.88. The van der Waals surface area contributed by atoms with Gasteiger partial charge in [0, 0.05) is 13.1 Å². The molecular formula is C14H15N3O5S. The number of imide groups is 1. The monoisotopic (exact) mass is 337 g/mol. The highest BCUT2D eigenvalue weighted by atomic mass is 32.2. The van der Waals surface area contributed by atoms with Crippen LogP contribution in [0.3, 0.4) is 0 Å². The van der Waals surface area contributed by atoms with Crippen molar-refractivity contribution in [2.45, 2.75) is 0 Å². The van der Waals surface area contributed by atoms with Gasteiger partial charge in [-0.1, -0.05) is 23.9 Å². The smallest absolute Gasteiger partial charge is 0.313 e. The first-order valence-corrected chi connectivity index (χ1v) is 7.71. The van der Waals surface area contributed by atoms with Crippen molar-refractivity contribution in [1.29, 1.82) is 0 Å². The summed E-state index contributed by atoms with van der Waals surface area (Å²) in [5.74, 6) is -1.47. The Morgan fingerprint density at radius 1 is 1.26 bits per heavy atom. The number of methoxy groups -OCH3 is 1. The van der Waals surface area contributed by atoms with E-state index in [2.05, 4.69) is 10.6 Å². The van der Waals surface area contributed by atoms with Crippen LogP contribution < -0.4 is 15.4 Å². The maximum atomic E-state index is 11.8. The normalized spacial score (nSPS) is 13.9. The van der Waals surface area contributed by atoms with E-state index in [-0.39, 0.29) is 30.0 Å². The molecule has 122 valence electrons. The van der Waals surface area contributed by atoms with Gasteiger partial charge in [0.2, 0.25) is 5.91 Å². The lowest BCUT2D eigenvalue weighted by molar-refractivity contribution is -0.136. The van der Waals surface area contributed by atoms with E-state index in [4.69, 9.17) is 4.74 Å². The Labute approximate surface area is 136 Å². The van der Waals surface area contributed by atoms with E-state index in [0.29, 0.717) is 11.4 Å². The van der Waals surface area contributed by atoms with Crippen molar-refractivity contribution >= 4 is 40.4 Å². The zero-order valence-electron chi connectivity index (χ0n) is 12.3. The van der Waals surface area contributed by atoms with Crippen LogP contribution in [0, 0.1) is 0 Å². The highest BCUT2D eigenvalue weighted by Gasteiger charge is 2.29. The van der Waals surface area contributed by atoms with Gasteiger partial charge in [-0.25, -0.2) is 0 Å². The summed E-state index contributed by atoms with van der Waals surface area (Å²) in [7, 11) is 1.45. The minimum Gasteiger partial charge on any atom is -0.495 e. The van der Waals surface area contributed by atoms with E-state index in [9.17, 15) is 19.2 Å². The molecule has 0 aromatic heterocycles. The number of nitrogens with zero attached hydrogens (tertiary/aromatic N) is 1. The Hall–Kier alpha value is -2.55. The Kier molecular flexibility index (Phi) is 5.58. The number of nitrogens with one attached hydrogen (secondary N) is 2. The maximum Gasteiger partial charge on any atom is 0.313 e. The van der Waals surface area contributed by atoms with Crippen LogP contribution in [0.2, 0.25) is 0 Å². The molecule has 4 amide bonds. The molecule has 1 aromatic carbocycles. The van der Waals surface area contributed by atoms with Crippen molar-refractivity contribution in [3.05, 3.63) is 24.3 Å². The molecule has 0 bridgehead atoms.